The van der Waals surface area contributed by atoms with Crippen molar-refractivity contribution < 1.29 is 9.72 Å². The lowest BCUT2D eigenvalue weighted by molar-refractivity contribution is -0.384. The summed E-state index contributed by atoms with van der Waals surface area (Å²) in [5.74, 6) is -0.394. The van der Waals surface area contributed by atoms with E-state index in [0.29, 0.717) is 18.1 Å². The van der Waals surface area contributed by atoms with Gasteiger partial charge in [0.05, 0.1) is 15.4 Å². The minimum Gasteiger partial charge on any atom is -0.369 e. The minimum absolute atomic E-state index is 0.0498. The third-order valence-electron chi connectivity index (χ3n) is 2.80. The highest BCUT2D eigenvalue weighted by molar-refractivity contribution is 6.31. The van der Waals surface area contributed by atoms with E-state index in [2.05, 4.69) is 5.32 Å². The SMILES string of the molecule is CC(C)(CNCc1ccc([N+](=O)[O-])cc1Cl)C(N)=O. The molecular weight excluding hydrogens is 270 g/mol. The van der Waals surface area contributed by atoms with Crippen molar-refractivity contribution in [3.8, 4) is 0 Å². The summed E-state index contributed by atoms with van der Waals surface area (Å²) in [6.07, 6.45) is 0. The largest absolute Gasteiger partial charge is 0.369 e. The number of carbonyl (C=O) groups excluding carboxylic acids is 1. The van der Waals surface area contributed by atoms with Crippen LogP contribution in [0.2, 0.25) is 5.02 Å². The Labute approximate surface area is 116 Å². The van der Waals surface area contributed by atoms with Crippen LogP contribution in [0.15, 0.2) is 18.2 Å². The van der Waals surface area contributed by atoms with E-state index in [0.717, 1.165) is 5.56 Å². The number of amides is 1. The van der Waals surface area contributed by atoms with Crippen molar-refractivity contribution in [1.29, 1.82) is 0 Å². The molecule has 3 N–H and O–H groups in total. The number of nitro groups is 1. The van der Waals surface area contributed by atoms with E-state index >= 15 is 0 Å². The van der Waals surface area contributed by atoms with Crippen molar-refractivity contribution in [2.45, 2.75) is 20.4 Å². The summed E-state index contributed by atoms with van der Waals surface area (Å²) in [5.41, 5.74) is 5.27. The lowest BCUT2D eigenvalue weighted by Gasteiger charge is -2.20. The summed E-state index contributed by atoms with van der Waals surface area (Å²) in [6, 6.07) is 4.28. The van der Waals surface area contributed by atoms with E-state index in [1.54, 1.807) is 19.9 Å². The van der Waals surface area contributed by atoms with Gasteiger partial charge in [-0.3, -0.25) is 14.9 Å². The molecular formula is C12H16ClN3O3. The van der Waals surface area contributed by atoms with Gasteiger partial charge in [-0.05, 0) is 25.5 Å². The lowest BCUT2D eigenvalue weighted by Crippen LogP contribution is -2.40. The highest BCUT2D eigenvalue weighted by Gasteiger charge is 2.24. The summed E-state index contributed by atoms with van der Waals surface area (Å²) >= 11 is 5.95. The number of nitro benzene ring substituents is 1. The first-order valence-corrected chi connectivity index (χ1v) is 6.05. The number of halogens is 1. The Morgan fingerprint density at radius 1 is 1.53 bits per heavy atom. The highest BCUT2D eigenvalue weighted by Crippen LogP contribution is 2.22. The zero-order chi connectivity index (χ0) is 14.6. The Hall–Kier alpha value is -1.66. The van der Waals surface area contributed by atoms with Crippen molar-refractivity contribution in [3.05, 3.63) is 38.9 Å². The van der Waals surface area contributed by atoms with Crippen molar-refractivity contribution >= 4 is 23.2 Å². The molecule has 104 valence electrons. The molecule has 6 nitrogen and oxygen atoms in total. The summed E-state index contributed by atoms with van der Waals surface area (Å²) in [6.45, 7) is 4.28. The molecule has 0 radical (unpaired) electrons. The van der Waals surface area contributed by atoms with Crippen LogP contribution in [-0.4, -0.2) is 17.4 Å². The zero-order valence-electron chi connectivity index (χ0n) is 10.8. The molecule has 19 heavy (non-hydrogen) atoms. The average Bonchev–Trinajstić information content (AvgIpc) is 2.30. The summed E-state index contributed by atoms with van der Waals surface area (Å²) in [5, 5.41) is 13.9. The molecule has 0 saturated heterocycles. The highest BCUT2D eigenvalue weighted by atomic mass is 35.5. The molecule has 0 aromatic heterocycles. The van der Waals surface area contributed by atoms with Crippen molar-refractivity contribution in [2.24, 2.45) is 11.1 Å². The van der Waals surface area contributed by atoms with Gasteiger partial charge >= 0.3 is 0 Å². The van der Waals surface area contributed by atoms with Crippen LogP contribution in [0.3, 0.4) is 0 Å². The number of primary amides is 1. The van der Waals surface area contributed by atoms with Crippen LogP contribution in [0.4, 0.5) is 5.69 Å². The molecule has 0 fully saturated rings. The van der Waals surface area contributed by atoms with E-state index < -0.39 is 16.2 Å². The van der Waals surface area contributed by atoms with Crippen molar-refractivity contribution in [1.82, 2.24) is 5.32 Å². The number of non-ortho nitro benzene ring substituents is 1. The number of nitrogens with one attached hydrogen (secondary N) is 1. The van der Waals surface area contributed by atoms with Crippen LogP contribution < -0.4 is 11.1 Å². The third kappa shape index (κ3) is 4.18. The molecule has 1 rings (SSSR count). The standard InChI is InChI=1S/C12H16ClN3O3/c1-12(2,11(14)17)7-15-6-8-3-4-9(16(18)19)5-10(8)13/h3-5,15H,6-7H2,1-2H3,(H2,14,17). The first kappa shape index (κ1) is 15.4. The predicted molar refractivity (Wildman–Crippen MR) is 72.8 cm³/mol. The fraction of sp³-hybridized carbons (Fsp3) is 0.417. The van der Waals surface area contributed by atoms with Gasteiger partial charge in [0.2, 0.25) is 5.91 Å². The second-order valence-corrected chi connectivity index (χ2v) is 5.29. The van der Waals surface area contributed by atoms with Gasteiger partial charge in [0.1, 0.15) is 0 Å². The third-order valence-corrected chi connectivity index (χ3v) is 3.15. The number of nitrogens with zero attached hydrogens (tertiary/aromatic N) is 1. The maximum atomic E-state index is 11.1. The Bertz CT molecular complexity index is 503. The zero-order valence-corrected chi connectivity index (χ0v) is 11.5. The normalized spacial score (nSPS) is 11.3. The molecule has 0 unspecified atom stereocenters. The van der Waals surface area contributed by atoms with Crippen LogP contribution in [-0.2, 0) is 11.3 Å². The molecule has 1 aromatic rings. The fourth-order valence-electron chi connectivity index (χ4n) is 1.39. The van der Waals surface area contributed by atoms with Crippen LogP contribution in [0.5, 0.6) is 0 Å². The molecule has 1 amide bonds. The maximum absolute atomic E-state index is 11.1. The van der Waals surface area contributed by atoms with E-state index in [-0.39, 0.29) is 5.69 Å². The van der Waals surface area contributed by atoms with Gasteiger partial charge in [-0.25, -0.2) is 0 Å². The number of hydrogen-bond donors (Lipinski definition) is 2. The topological polar surface area (TPSA) is 98.3 Å². The van der Waals surface area contributed by atoms with Gasteiger partial charge < -0.3 is 11.1 Å². The van der Waals surface area contributed by atoms with Gasteiger partial charge in [-0.1, -0.05) is 11.6 Å². The number of rotatable bonds is 6. The molecule has 0 atom stereocenters. The number of benzene rings is 1. The maximum Gasteiger partial charge on any atom is 0.270 e. The number of nitrogens with two attached hydrogens (primary N) is 1. The van der Waals surface area contributed by atoms with Crippen LogP contribution in [0.1, 0.15) is 19.4 Å². The Balaban J connectivity index is 2.64. The van der Waals surface area contributed by atoms with Crippen molar-refractivity contribution in [3.63, 3.8) is 0 Å². The summed E-state index contributed by atoms with van der Waals surface area (Å²) in [7, 11) is 0. The van der Waals surface area contributed by atoms with Crippen LogP contribution >= 0.6 is 11.6 Å². The van der Waals surface area contributed by atoms with E-state index in [9.17, 15) is 14.9 Å². The van der Waals surface area contributed by atoms with Crippen LogP contribution in [0.25, 0.3) is 0 Å². The van der Waals surface area contributed by atoms with E-state index in [1.165, 1.54) is 12.1 Å². The fourth-order valence-corrected chi connectivity index (χ4v) is 1.63. The number of carbonyl (C=O) groups is 1. The lowest BCUT2D eigenvalue weighted by atomic mass is 9.93. The predicted octanol–water partition coefficient (Wildman–Crippen LogP) is 1.85. The van der Waals surface area contributed by atoms with Crippen LogP contribution in [0, 0.1) is 15.5 Å². The smallest absolute Gasteiger partial charge is 0.270 e. The molecule has 0 spiro atoms. The van der Waals surface area contributed by atoms with Gasteiger partial charge in [0.25, 0.3) is 5.69 Å². The molecule has 0 saturated carbocycles. The molecule has 0 bridgehead atoms. The van der Waals surface area contributed by atoms with Gasteiger partial charge in [0.15, 0.2) is 0 Å². The quantitative estimate of drug-likeness (QED) is 0.615. The second-order valence-electron chi connectivity index (χ2n) is 4.88. The average molecular weight is 286 g/mol. The summed E-state index contributed by atoms with van der Waals surface area (Å²) in [4.78, 5) is 21.2. The Morgan fingerprint density at radius 3 is 2.63 bits per heavy atom. The first-order chi connectivity index (χ1) is 8.74. The monoisotopic (exact) mass is 285 g/mol. The second kappa shape index (κ2) is 5.99. The summed E-state index contributed by atoms with van der Waals surface area (Å²) < 4.78 is 0. The van der Waals surface area contributed by atoms with E-state index in [1.807, 2.05) is 0 Å². The molecule has 0 aliphatic heterocycles. The molecule has 0 aliphatic rings. The Morgan fingerprint density at radius 2 is 2.16 bits per heavy atom. The van der Waals surface area contributed by atoms with Gasteiger partial charge in [-0.2, -0.15) is 0 Å². The van der Waals surface area contributed by atoms with Gasteiger partial charge in [-0.15, -0.1) is 0 Å². The molecule has 0 heterocycles. The van der Waals surface area contributed by atoms with Crippen molar-refractivity contribution in [2.75, 3.05) is 6.54 Å². The number of hydrogen-bond acceptors (Lipinski definition) is 4. The molecule has 7 heteroatoms. The van der Waals surface area contributed by atoms with E-state index in [4.69, 9.17) is 17.3 Å². The molecule has 1 aromatic carbocycles. The minimum atomic E-state index is -0.659. The first-order valence-electron chi connectivity index (χ1n) is 5.67. The molecule has 0 aliphatic carbocycles. The van der Waals surface area contributed by atoms with Gasteiger partial charge in [0, 0.05) is 25.2 Å². The Kier molecular flexibility index (Phi) is 4.85.